The molecular weight excluding hydrogens is 566 g/mol. The molecule has 5 rings (SSSR count). The molecule has 8 nitrogen and oxygen atoms in total. The average molecular weight is 614 g/mol. The van der Waals surface area contributed by atoms with Gasteiger partial charge in [0.2, 0.25) is 11.8 Å². The van der Waals surface area contributed by atoms with E-state index in [1.165, 1.54) is 0 Å². The van der Waals surface area contributed by atoms with E-state index in [2.05, 4.69) is 13.2 Å². The lowest BCUT2D eigenvalue weighted by molar-refractivity contribution is -0.153. The second-order valence-electron chi connectivity index (χ2n) is 13.2. The van der Waals surface area contributed by atoms with Crippen molar-refractivity contribution in [2.45, 2.75) is 70.7 Å². The number of carbonyl (C=O) groups is 3. The highest BCUT2D eigenvalue weighted by molar-refractivity contribution is 6.05. The predicted molar refractivity (Wildman–Crippen MR) is 175 cm³/mol. The molecule has 3 saturated heterocycles. The first-order valence-electron chi connectivity index (χ1n) is 16.1. The van der Waals surface area contributed by atoms with E-state index in [4.69, 9.17) is 4.74 Å². The number of ether oxygens (including phenoxy) is 1. The van der Waals surface area contributed by atoms with E-state index in [0.29, 0.717) is 25.1 Å². The van der Waals surface area contributed by atoms with Crippen LogP contribution in [0.4, 0.5) is 5.69 Å². The monoisotopic (exact) mass is 613 g/mol. The molecule has 0 radical (unpaired) electrons. The van der Waals surface area contributed by atoms with Gasteiger partial charge in [0.25, 0.3) is 5.91 Å². The highest BCUT2D eigenvalue weighted by atomic mass is 16.5. The molecule has 240 valence electrons. The zero-order valence-corrected chi connectivity index (χ0v) is 27.2. The van der Waals surface area contributed by atoms with Gasteiger partial charge in [-0.15, -0.1) is 13.2 Å². The molecule has 3 fully saturated rings. The van der Waals surface area contributed by atoms with Crippen LogP contribution in [0.1, 0.15) is 56.3 Å². The summed E-state index contributed by atoms with van der Waals surface area (Å²) in [5, 5.41) is 10.9. The fraction of sp³-hybridized carbons (Fsp3) is 0.486. The number of nitrogens with zero attached hydrogens (tertiary/aromatic N) is 3. The highest BCUT2D eigenvalue weighted by Crippen LogP contribution is 2.66. The number of carbonyl (C=O) groups excluding carboxylic acids is 3. The minimum absolute atomic E-state index is 0.101. The molecule has 3 aliphatic heterocycles. The quantitative estimate of drug-likeness (QED) is 0.341. The minimum atomic E-state index is -1.26. The topological polar surface area (TPSA) is 90.4 Å². The van der Waals surface area contributed by atoms with Gasteiger partial charge in [-0.2, -0.15) is 0 Å². The van der Waals surface area contributed by atoms with E-state index in [-0.39, 0.29) is 30.2 Å². The fourth-order valence-electron chi connectivity index (χ4n) is 8.21. The number of amides is 3. The van der Waals surface area contributed by atoms with Crippen LogP contribution in [0.3, 0.4) is 0 Å². The maximum absolute atomic E-state index is 15.2. The standard InChI is InChI=1S/C37H47N3O5/c1-8-18-38(19-9-2)33(42)30-31-34(43)40(29(23-41)27-14-12-11-13-15-27)32(37(31)22-26(6)36(30,7)45-37)35(44)39(20-10-3)28-21-24(4)16-17-25(28)5/h8,10-17,21,26,29-32,41H,1,3,9,18-20,22-23H2,2,4-7H3/t26?,29-,30+,31+,32?,36-,37?/m1/s1. The molecule has 1 N–H and O–H groups in total. The lowest BCUT2D eigenvalue weighted by atomic mass is 9.62. The van der Waals surface area contributed by atoms with Gasteiger partial charge in [-0.25, -0.2) is 0 Å². The molecular formula is C37H47N3O5. The molecule has 3 unspecified atom stereocenters. The van der Waals surface area contributed by atoms with Crippen molar-refractivity contribution in [3.8, 4) is 0 Å². The summed E-state index contributed by atoms with van der Waals surface area (Å²) < 4.78 is 7.02. The van der Waals surface area contributed by atoms with Gasteiger partial charge in [0.15, 0.2) is 0 Å². The van der Waals surface area contributed by atoms with E-state index in [1.54, 1.807) is 26.9 Å². The van der Waals surface area contributed by atoms with Gasteiger partial charge in [0, 0.05) is 25.3 Å². The summed E-state index contributed by atoms with van der Waals surface area (Å²) in [5.74, 6) is -2.57. The summed E-state index contributed by atoms with van der Waals surface area (Å²) in [6, 6.07) is 13.3. The third-order valence-electron chi connectivity index (χ3n) is 10.3. The van der Waals surface area contributed by atoms with Crippen molar-refractivity contribution in [3.05, 3.63) is 90.5 Å². The number of hydrogen-bond donors (Lipinski definition) is 1. The Morgan fingerprint density at radius 2 is 1.80 bits per heavy atom. The van der Waals surface area contributed by atoms with Crippen molar-refractivity contribution in [1.29, 1.82) is 0 Å². The number of aliphatic hydroxyl groups is 1. The summed E-state index contributed by atoms with van der Waals surface area (Å²) >= 11 is 0. The Hall–Kier alpha value is -3.75. The Kier molecular flexibility index (Phi) is 9.11. The Morgan fingerprint density at radius 1 is 1.11 bits per heavy atom. The third-order valence-corrected chi connectivity index (χ3v) is 10.3. The molecule has 2 aromatic carbocycles. The summed E-state index contributed by atoms with van der Waals surface area (Å²) in [6.45, 7) is 18.4. The second-order valence-corrected chi connectivity index (χ2v) is 13.2. The first-order chi connectivity index (χ1) is 21.5. The predicted octanol–water partition coefficient (Wildman–Crippen LogP) is 4.99. The van der Waals surface area contributed by atoms with Gasteiger partial charge >= 0.3 is 0 Å². The highest BCUT2D eigenvalue weighted by Gasteiger charge is 2.80. The van der Waals surface area contributed by atoms with Crippen LogP contribution in [0.15, 0.2) is 73.8 Å². The van der Waals surface area contributed by atoms with E-state index in [1.807, 2.05) is 83.1 Å². The number of hydrogen-bond acceptors (Lipinski definition) is 5. The molecule has 8 heteroatoms. The molecule has 0 saturated carbocycles. The lowest BCUT2D eigenvalue weighted by Crippen LogP contribution is -2.57. The van der Waals surface area contributed by atoms with Crippen molar-refractivity contribution in [2.75, 3.05) is 31.1 Å². The van der Waals surface area contributed by atoms with Gasteiger partial charge in [-0.3, -0.25) is 14.4 Å². The molecule has 0 aliphatic carbocycles. The zero-order chi connectivity index (χ0) is 32.7. The molecule has 3 amide bonds. The fourth-order valence-corrected chi connectivity index (χ4v) is 8.21. The second kappa shape index (κ2) is 12.6. The van der Waals surface area contributed by atoms with Crippen molar-refractivity contribution >= 4 is 23.4 Å². The van der Waals surface area contributed by atoms with Crippen LogP contribution in [-0.4, -0.2) is 76.1 Å². The zero-order valence-electron chi connectivity index (χ0n) is 27.2. The maximum atomic E-state index is 15.2. The molecule has 7 atom stereocenters. The van der Waals surface area contributed by atoms with Gasteiger partial charge < -0.3 is 24.5 Å². The van der Waals surface area contributed by atoms with Gasteiger partial charge in [-0.1, -0.05) is 68.5 Å². The number of likely N-dealkylation sites (tertiary alicyclic amines) is 1. The van der Waals surface area contributed by atoms with Crippen LogP contribution in [0.5, 0.6) is 0 Å². The van der Waals surface area contributed by atoms with Gasteiger partial charge in [0.05, 0.1) is 30.1 Å². The number of fused-ring (bicyclic) bond motifs is 1. The van der Waals surface area contributed by atoms with E-state index in [9.17, 15) is 14.7 Å². The van der Waals surface area contributed by atoms with Crippen LogP contribution in [0.25, 0.3) is 0 Å². The number of rotatable bonds is 12. The Labute approximate surface area is 267 Å². The normalized spacial score (nSPS) is 28.9. The van der Waals surface area contributed by atoms with Gasteiger partial charge in [0.1, 0.15) is 11.6 Å². The lowest BCUT2D eigenvalue weighted by Gasteiger charge is -2.40. The van der Waals surface area contributed by atoms with E-state index in [0.717, 1.165) is 23.2 Å². The van der Waals surface area contributed by atoms with Crippen LogP contribution in [0, 0.1) is 31.6 Å². The number of aliphatic hydroxyl groups excluding tert-OH is 1. The third kappa shape index (κ3) is 5.12. The van der Waals surface area contributed by atoms with Crippen LogP contribution >= 0.6 is 0 Å². The summed E-state index contributed by atoms with van der Waals surface area (Å²) in [4.78, 5) is 49.5. The molecule has 1 spiro atoms. The molecule has 2 bridgehead atoms. The smallest absolute Gasteiger partial charge is 0.253 e. The van der Waals surface area contributed by atoms with E-state index < -0.39 is 41.7 Å². The van der Waals surface area contributed by atoms with Crippen molar-refractivity contribution in [2.24, 2.45) is 17.8 Å². The van der Waals surface area contributed by atoms with Crippen molar-refractivity contribution < 1.29 is 24.2 Å². The summed E-state index contributed by atoms with van der Waals surface area (Å²) in [5.41, 5.74) is 1.14. The van der Waals surface area contributed by atoms with Crippen LogP contribution in [-0.2, 0) is 19.1 Å². The van der Waals surface area contributed by atoms with Crippen LogP contribution in [0.2, 0.25) is 0 Å². The first-order valence-corrected chi connectivity index (χ1v) is 16.1. The molecule has 2 aromatic rings. The SMILES string of the molecule is C=CCN(CCC)C(=O)[C@@H]1[C@H]2C(=O)N([C@H](CO)c3ccccc3)C(C(=O)N(CC=C)c3cc(C)ccc3C)C23CC(C)[C@@]1(C)O3. The maximum Gasteiger partial charge on any atom is 0.253 e. The van der Waals surface area contributed by atoms with Crippen LogP contribution < -0.4 is 4.90 Å². The number of aryl methyl sites for hydroxylation is 2. The van der Waals surface area contributed by atoms with E-state index >= 15 is 4.79 Å². The number of anilines is 1. The van der Waals surface area contributed by atoms with Gasteiger partial charge in [-0.05, 0) is 62.3 Å². The van der Waals surface area contributed by atoms with Crippen molar-refractivity contribution in [3.63, 3.8) is 0 Å². The molecule has 0 aromatic heterocycles. The molecule has 3 heterocycles. The first kappa shape index (κ1) is 32.6. The number of benzene rings is 2. The summed E-state index contributed by atoms with van der Waals surface area (Å²) in [6.07, 6.45) is 4.57. The molecule has 45 heavy (non-hydrogen) atoms. The Balaban J connectivity index is 1.71. The minimum Gasteiger partial charge on any atom is -0.394 e. The van der Waals surface area contributed by atoms with Crippen molar-refractivity contribution in [1.82, 2.24) is 9.80 Å². The summed E-state index contributed by atoms with van der Waals surface area (Å²) in [7, 11) is 0. The largest absolute Gasteiger partial charge is 0.394 e. The Bertz CT molecular complexity index is 1480. The Morgan fingerprint density at radius 3 is 2.42 bits per heavy atom. The molecule has 3 aliphatic rings. The average Bonchev–Trinajstić information content (AvgIpc) is 3.54.